The van der Waals surface area contributed by atoms with Crippen molar-refractivity contribution in [2.75, 3.05) is 16.8 Å². The van der Waals surface area contributed by atoms with Crippen LogP contribution in [0, 0.1) is 12.7 Å². The first-order valence-electron chi connectivity index (χ1n) is 9.85. The second kappa shape index (κ2) is 8.83. The molecule has 156 valence electrons. The van der Waals surface area contributed by atoms with Crippen LogP contribution in [-0.4, -0.2) is 18.4 Å². The zero-order valence-corrected chi connectivity index (χ0v) is 17.0. The highest BCUT2D eigenvalue weighted by molar-refractivity contribution is 6.03. The van der Waals surface area contributed by atoms with Gasteiger partial charge in [0.25, 0.3) is 5.91 Å². The lowest BCUT2D eigenvalue weighted by Gasteiger charge is -2.30. The van der Waals surface area contributed by atoms with E-state index in [1.807, 2.05) is 31.2 Å². The first-order chi connectivity index (χ1) is 15.0. The molecule has 1 aliphatic rings. The summed E-state index contributed by atoms with van der Waals surface area (Å²) in [6.07, 6.45) is 3.20. The molecule has 1 heterocycles. The highest BCUT2D eigenvalue weighted by Crippen LogP contribution is 2.35. The fourth-order valence-corrected chi connectivity index (χ4v) is 3.26. The molecule has 0 saturated carbocycles. The van der Waals surface area contributed by atoms with E-state index in [-0.39, 0.29) is 30.8 Å². The molecular formula is C25H21FN2O3. The minimum Gasteiger partial charge on any atom is -0.482 e. The molecular weight excluding hydrogens is 395 g/mol. The third kappa shape index (κ3) is 4.98. The van der Waals surface area contributed by atoms with E-state index in [0.717, 1.165) is 16.7 Å². The van der Waals surface area contributed by atoms with Crippen LogP contribution in [0.2, 0.25) is 0 Å². The summed E-state index contributed by atoms with van der Waals surface area (Å²) >= 11 is 0. The molecule has 0 radical (unpaired) electrons. The van der Waals surface area contributed by atoms with E-state index in [1.54, 1.807) is 41.3 Å². The van der Waals surface area contributed by atoms with Crippen LogP contribution in [0.4, 0.5) is 15.8 Å². The van der Waals surface area contributed by atoms with Crippen molar-refractivity contribution in [1.29, 1.82) is 0 Å². The van der Waals surface area contributed by atoms with Crippen molar-refractivity contribution >= 4 is 29.3 Å². The molecule has 0 bridgehead atoms. The van der Waals surface area contributed by atoms with E-state index >= 15 is 0 Å². The van der Waals surface area contributed by atoms with Crippen molar-refractivity contribution < 1.29 is 18.7 Å². The molecule has 31 heavy (non-hydrogen) atoms. The standard InChI is InChI=1S/C25H21FN2O3/c1-17-2-4-18(5-3-17)8-13-24(29)27-21-11-12-23-22(14-21)28(25(30)16-31-23)15-19-6-9-20(26)10-7-19/h2-14H,15-16H2,1H3,(H,27,29)/b13-8+. The van der Waals surface area contributed by atoms with Crippen LogP contribution in [0.15, 0.2) is 72.8 Å². The molecule has 1 aliphatic heterocycles. The number of amides is 2. The molecule has 2 amide bonds. The van der Waals surface area contributed by atoms with Crippen molar-refractivity contribution in [3.05, 3.63) is 95.3 Å². The first kappa shape index (κ1) is 20.3. The van der Waals surface area contributed by atoms with E-state index in [2.05, 4.69) is 5.32 Å². The van der Waals surface area contributed by atoms with Gasteiger partial charge in [0.1, 0.15) is 11.6 Å². The monoisotopic (exact) mass is 416 g/mol. The Kier molecular flexibility index (Phi) is 5.80. The number of nitrogens with one attached hydrogen (secondary N) is 1. The van der Waals surface area contributed by atoms with Crippen molar-refractivity contribution in [2.24, 2.45) is 0 Å². The van der Waals surface area contributed by atoms with Crippen molar-refractivity contribution in [3.63, 3.8) is 0 Å². The van der Waals surface area contributed by atoms with E-state index in [4.69, 9.17) is 4.74 Å². The summed E-state index contributed by atoms with van der Waals surface area (Å²) in [5, 5.41) is 2.81. The minimum absolute atomic E-state index is 0.0702. The zero-order chi connectivity index (χ0) is 21.8. The Morgan fingerprint density at radius 1 is 1.10 bits per heavy atom. The Labute approximate surface area is 179 Å². The van der Waals surface area contributed by atoms with E-state index in [9.17, 15) is 14.0 Å². The van der Waals surface area contributed by atoms with Gasteiger partial charge in [0, 0.05) is 11.8 Å². The average Bonchev–Trinajstić information content (AvgIpc) is 2.77. The van der Waals surface area contributed by atoms with Crippen molar-refractivity contribution in [2.45, 2.75) is 13.5 Å². The number of benzene rings is 3. The molecule has 0 fully saturated rings. The molecule has 0 unspecified atom stereocenters. The zero-order valence-electron chi connectivity index (χ0n) is 17.0. The number of hydrogen-bond acceptors (Lipinski definition) is 3. The molecule has 5 nitrogen and oxygen atoms in total. The summed E-state index contributed by atoms with van der Waals surface area (Å²) in [7, 11) is 0. The first-order valence-corrected chi connectivity index (χ1v) is 9.85. The van der Waals surface area contributed by atoms with Crippen LogP contribution in [0.25, 0.3) is 6.08 Å². The maximum Gasteiger partial charge on any atom is 0.265 e. The summed E-state index contributed by atoms with van der Waals surface area (Å²) in [4.78, 5) is 26.4. The van der Waals surface area contributed by atoms with E-state index in [1.165, 1.54) is 18.2 Å². The summed E-state index contributed by atoms with van der Waals surface area (Å²) in [6.45, 7) is 2.21. The second-order valence-corrected chi connectivity index (χ2v) is 7.31. The Balaban J connectivity index is 1.51. The third-order valence-corrected chi connectivity index (χ3v) is 4.93. The smallest absolute Gasteiger partial charge is 0.265 e. The van der Waals surface area contributed by atoms with Crippen LogP contribution < -0.4 is 15.0 Å². The van der Waals surface area contributed by atoms with Gasteiger partial charge in [0.05, 0.1) is 12.2 Å². The third-order valence-electron chi connectivity index (χ3n) is 4.93. The Morgan fingerprint density at radius 2 is 1.84 bits per heavy atom. The number of carbonyl (C=O) groups excluding carboxylic acids is 2. The summed E-state index contributed by atoms with van der Waals surface area (Å²) < 4.78 is 18.7. The van der Waals surface area contributed by atoms with Gasteiger partial charge in [-0.1, -0.05) is 42.0 Å². The number of carbonyl (C=O) groups is 2. The number of rotatable bonds is 5. The lowest BCUT2D eigenvalue weighted by atomic mass is 10.1. The van der Waals surface area contributed by atoms with Gasteiger partial charge in [-0.3, -0.25) is 9.59 Å². The lowest BCUT2D eigenvalue weighted by molar-refractivity contribution is -0.121. The predicted molar refractivity (Wildman–Crippen MR) is 118 cm³/mol. The van der Waals surface area contributed by atoms with Crippen molar-refractivity contribution in [3.8, 4) is 5.75 Å². The van der Waals surface area contributed by atoms with E-state index in [0.29, 0.717) is 17.1 Å². The molecule has 4 rings (SSSR count). The summed E-state index contributed by atoms with van der Waals surface area (Å²) in [5.74, 6) is -0.274. The second-order valence-electron chi connectivity index (χ2n) is 7.31. The van der Waals surface area contributed by atoms with Gasteiger partial charge in [-0.15, -0.1) is 0 Å². The Bertz CT molecular complexity index is 1140. The van der Waals surface area contributed by atoms with Crippen molar-refractivity contribution in [1.82, 2.24) is 0 Å². The maximum absolute atomic E-state index is 13.2. The highest BCUT2D eigenvalue weighted by atomic mass is 19.1. The van der Waals surface area contributed by atoms with Gasteiger partial charge in [-0.25, -0.2) is 4.39 Å². The number of halogens is 1. The van der Waals surface area contributed by atoms with Gasteiger partial charge in [0.2, 0.25) is 5.91 Å². The van der Waals surface area contributed by atoms with Crippen LogP contribution in [0.5, 0.6) is 5.75 Å². The Morgan fingerprint density at radius 3 is 2.58 bits per heavy atom. The minimum atomic E-state index is -0.332. The van der Waals surface area contributed by atoms with Crippen LogP contribution in [0.1, 0.15) is 16.7 Å². The molecule has 3 aromatic carbocycles. The van der Waals surface area contributed by atoms with E-state index < -0.39 is 0 Å². The molecule has 3 aromatic rings. The number of hydrogen-bond donors (Lipinski definition) is 1. The maximum atomic E-state index is 13.2. The average molecular weight is 416 g/mol. The SMILES string of the molecule is Cc1ccc(/C=C/C(=O)Nc2ccc3c(c2)N(Cc2ccc(F)cc2)C(=O)CO3)cc1. The summed E-state index contributed by atoms with van der Waals surface area (Å²) in [5.41, 5.74) is 3.96. The number of fused-ring (bicyclic) bond motifs is 1. The van der Waals surface area contributed by atoms with Gasteiger partial charge in [0.15, 0.2) is 6.61 Å². The summed E-state index contributed by atoms with van der Waals surface area (Å²) in [6, 6.07) is 19.0. The molecule has 6 heteroatoms. The molecule has 0 aliphatic carbocycles. The normalized spacial score (nSPS) is 13.1. The number of anilines is 2. The predicted octanol–water partition coefficient (Wildman–Crippen LogP) is 4.71. The Hall–Kier alpha value is -3.93. The van der Waals surface area contributed by atoms with Crippen LogP contribution in [0.3, 0.4) is 0 Å². The molecule has 0 aromatic heterocycles. The topological polar surface area (TPSA) is 58.6 Å². The quantitative estimate of drug-likeness (QED) is 0.613. The lowest BCUT2D eigenvalue weighted by Crippen LogP contribution is -2.38. The van der Waals surface area contributed by atoms with Gasteiger partial charge >= 0.3 is 0 Å². The van der Waals surface area contributed by atoms with Crippen LogP contribution in [-0.2, 0) is 16.1 Å². The fourth-order valence-electron chi connectivity index (χ4n) is 3.26. The number of nitrogens with zero attached hydrogens (tertiary/aromatic N) is 1. The molecule has 0 saturated heterocycles. The largest absolute Gasteiger partial charge is 0.482 e. The molecule has 0 atom stereocenters. The van der Waals surface area contributed by atoms with Gasteiger partial charge in [-0.05, 0) is 54.5 Å². The number of ether oxygens (including phenoxy) is 1. The van der Waals surface area contributed by atoms with Crippen LogP contribution >= 0.6 is 0 Å². The van der Waals surface area contributed by atoms with Gasteiger partial charge in [-0.2, -0.15) is 0 Å². The molecule has 0 spiro atoms. The molecule has 1 N–H and O–H groups in total. The fraction of sp³-hybridized carbons (Fsp3) is 0.120. The highest BCUT2D eigenvalue weighted by Gasteiger charge is 2.26. The van der Waals surface area contributed by atoms with Gasteiger partial charge < -0.3 is 15.0 Å². The number of aryl methyl sites for hydroxylation is 1.